The Hall–Kier alpha value is -2.28. The number of ether oxygens (including phenoxy) is 3. The summed E-state index contributed by atoms with van der Waals surface area (Å²) in [5.74, 6) is 0.914. The van der Waals surface area contributed by atoms with Gasteiger partial charge in [-0.2, -0.15) is 0 Å². The Morgan fingerprint density at radius 2 is 2.04 bits per heavy atom. The zero-order valence-corrected chi connectivity index (χ0v) is 13.4. The van der Waals surface area contributed by atoms with E-state index in [1.807, 2.05) is 13.8 Å². The number of carbonyl (C=O) groups is 2. The molecule has 7 heteroatoms. The molecule has 0 aromatic heterocycles. The summed E-state index contributed by atoms with van der Waals surface area (Å²) < 4.78 is 16.0. The van der Waals surface area contributed by atoms with Crippen LogP contribution in [-0.4, -0.2) is 42.9 Å². The van der Waals surface area contributed by atoms with Gasteiger partial charge in [-0.3, -0.25) is 9.69 Å². The molecule has 23 heavy (non-hydrogen) atoms. The van der Waals surface area contributed by atoms with Gasteiger partial charge in [-0.05, 0) is 38.5 Å². The van der Waals surface area contributed by atoms with Gasteiger partial charge in [0.15, 0.2) is 11.5 Å². The number of amides is 3. The molecule has 1 saturated heterocycles. The summed E-state index contributed by atoms with van der Waals surface area (Å²) in [5, 5.41) is 2.76. The number of rotatable bonds is 5. The SMILES string of the molecule is CC(C)OCCN1C(=O)NC(C)(c2ccc3c(c2)OCO3)C1=O. The summed E-state index contributed by atoms with van der Waals surface area (Å²) in [5.41, 5.74) is -0.456. The van der Waals surface area contributed by atoms with Gasteiger partial charge in [0, 0.05) is 0 Å². The molecule has 2 aliphatic rings. The van der Waals surface area contributed by atoms with E-state index in [0.29, 0.717) is 23.7 Å². The van der Waals surface area contributed by atoms with Crippen molar-refractivity contribution < 1.29 is 23.8 Å². The van der Waals surface area contributed by atoms with Crippen LogP contribution < -0.4 is 14.8 Å². The van der Waals surface area contributed by atoms with E-state index < -0.39 is 11.6 Å². The van der Waals surface area contributed by atoms with Crippen molar-refractivity contribution in [3.8, 4) is 11.5 Å². The number of fused-ring (bicyclic) bond motifs is 1. The summed E-state index contributed by atoms with van der Waals surface area (Å²) in [4.78, 5) is 26.1. The quantitative estimate of drug-likeness (QED) is 0.834. The molecule has 1 atom stereocenters. The van der Waals surface area contributed by atoms with E-state index in [1.54, 1.807) is 25.1 Å². The number of hydrogen-bond acceptors (Lipinski definition) is 5. The van der Waals surface area contributed by atoms with Gasteiger partial charge >= 0.3 is 6.03 Å². The molecule has 0 bridgehead atoms. The Kier molecular flexibility index (Phi) is 3.89. The first kappa shape index (κ1) is 15.6. The fraction of sp³-hybridized carbons (Fsp3) is 0.500. The smallest absolute Gasteiger partial charge is 0.325 e. The molecule has 2 heterocycles. The highest BCUT2D eigenvalue weighted by Gasteiger charge is 2.49. The maximum absolute atomic E-state index is 12.7. The van der Waals surface area contributed by atoms with Crippen molar-refractivity contribution >= 4 is 11.9 Å². The molecule has 3 amide bonds. The van der Waals surface area contributed by atoms with Gasteiger partial charge in [-0.15, -0.1) is 0 Å². The van der Waals surface area contributed by atoms with Gasteiger partial charge in [-0.25, -0.2) is 4.79 Å². The van der Waals surface area contributed by atoms with Gasteiger partial charge in [-0.1, -0.05) is 6.07 Å². The summed E-state index contributed by atoms with van der Waals surface area (Å²) in [6.45, 7) is 6.20. The lowest BCUT2D eigenvalue weighted by atomic mass is 9.91. The maximum atomic E-state index is 12.7. The Bertz CT molecular complexity index is 645. The molecule has 2 aliphatic heterocycles. The van der Waals surface area contributed by atoms with Gasteiger partial charge in [0.05, 0.1) is 19.3 Å². The van der Waals surface area contributed by atoms with Crippen molar-refractivity contribution in [3.63, 3.8) is 0 Å². The number of carbonyl (C=O) groups excluding carboxylic acids is 2. The van der Waals surface area contributed by atoms with Crippen LogP contribution >= 0.6 is 0 Å². The van der Waals surface area contributed by atoms with Gasteiger partial charge in [0.25, 0.3) is 5.91 Å². The van der Waals surface area contributed by atoms with E-state index in [-0.39, 0.29) is 25.3 Å². The summed E-state index contributed by atoms with van der Waals surface area (Å²) in [7, 11) is 0. The minimum absolute atomic E-state index is 0.0519. The first-order valence-corrected chi connectivity index (χ1v) is 7.57. The zero-order valence-electron chi connectivity index (χ0n) is 13.4. The maximum Gasteiger partial charge on any atom is 0.325 e. The third-order valence-electron chi connectivity index (χ3n) is 3.99. The predicted octanol–water partition coefficient (Wildman–Crippen LogP) is 1.61. The lowest BCUT2D eigenvalue weighted by Crippen LogP contribution is -2.41. The van der Waals surface area contributed by atoms with E-state index in [1.165, 1.54) is 4.90 Å². The van der Waals surface area contributed by atoms with Crippen molar-refractivity contribution in [3.05, 3.63) is 23.8 Å². The van der Waals surface area contributed by atoms with Gasteiger partial charge < -0.3 is 19.5 Å². The van der Waals surface area contributed by atoms with Crippen molar-refractivity contribution in [2.45, 2.75) is 32.4 Å². The molecule has 1 N–H and O–H groups in total. The van der Waals surface area contributed by atoms with Crippen LogP contribution in [-0.2, 0) is 15.1 Å². The minimum atomic E-state index is -1.12. The minimum Gasteiger partial charge on any atom is -0.454 e. The lowest BCUT2D eigenvalue weighted by molar-refractivity contribution is -0.131. The van der Waals surface area contributed by atoms with Crippen LogP contribution in [0.1, 0.15) is 26.3 Å². The predicted molar refractivity (Wildman–Crippen MR) is 81.2 cm³/mol. The second-order valence-corrected chi connectivity index (χ2v) is 6.00. The van der Waals surface area contributed by atoms with E-state index in [4.69, 9.17) is 14.2 Å². The zero-order chi connectivity index (χ0) is 16.6. The normalized spacial score (nSPS) is 22.9. The molecule has 1 unspecified atom stereocenters. The standard InChI is InChI=1S/C16H20N2O5/c1-10(2)21-7-6-18-14(19)16(3,17-15(18)20)11-4-5-12-13(8-11)23-9-22-12/h4-5,8,10H,6-7,9H2,1-3H3,(H,17,20). The number of nitrogens with one attached hydrogen (secondary N) is 1. The summed E-state index contributed by atoms with van der Waals surface area (Å²) >= 11 is 0. The number of nitrogens with zero attached hydrogens (tertiary/aromatic N) is 1. The second-order valence-electron chi connectivity index (χ2n) is 6.00. The summed E-state index contributed by atoms with van der Waals surface area (Å²) in [6, 6.07) is 4.82. The topological polar surface area (TPSA) is 77.1 Å². The van der Waals surface area contributed by atoms with Crippen molar-refractivity contribution in [1.29, 1.82) is 0 Å². The lowest BCUT2D eigenvalue weighted by Gasteiger charge is -2.22. The van der Waals surface area contributed by atoms with Crippen molar-refractivity contribution in [2.24, 2.45) is 0 Å². The molecule has 0 saturated carbocycles. The number of urea groups is 1. The Balaban J connectivity index is 1.79. The van der Waals surface area contributed by atoms with Crippen LogP contribution in [0.4, 0.5) is 4.79 Å². The third kappa shape index (κ3) is 2.72. The van der Waals surface area contributed by atoms with Crippen LogP contribution in [0.3, 0.4) is 0 Å². The number of benzene rings is 1. The van der Waals surface area contributed by atoms with Crippen LogP contribution in [0.15, 0.2) is 18.2 Å². The molecule has 7 nitrogen and oxygen atoms in total. The highest BCUT2D eigenvalue weighted by Crippen LogP contribution is 2.37. The van der Waals surface area contributed by atoms with E-state index in [0.717, 1.165) is 0 Å². The van der Waals surface area contributed by atoms with E-state index in [9.17, 15) is 9.59 Å². The van der Waals surface area contributed by atoms with E-state index in [2.05, 4.69) is 5.32 Å². The molecule has 0 spiro atoms. The van der Waals surface area contributed by atoms with Gasteiger partial charge in [0.2, 0.25) is 6.79 Å². The number of imide groups is 1. The van der Waals surface area contributed by atoms with Gasteiger partial charge in [0.1, 0.15) is 5.54 Å². The average Bonchev–Trinajstić information content (AvgIpc) is 3.05. The first-order chi connectivity index (χ1) is 10.9. The molecule has 3 rings (SSSR count). The third-order valence-corrected chi connectivity index (χ3v) is 3.99. The monoisotopic (exact) mass is 320 g/mol. The molecular weight excluding hydrogens is 300 g/mol. The second kappa shape index (κ2) is 5.73. The molecule has 1 fully saturated rings. The van der Waals surface area contributed by atoms with E-state index >= 15 is 0 Å². The van der Waals surface area contributed by atoms with Crippen LogP contribution in [0.25, 0.3) is 0 Å². The fourth-order valence-electron chi connectivity index (χ4n) is 2.68. The van der Waals surface area contributed by atoms with Crippen LogP contribution in [0, 0.1) is 0 Å². The largest absolute Gasteiger partial charge is 0.454 e. The Morgan fingerprint density at radius 3 is 2.78 bits per heavy atom. The molecule has 124 valence electrons. The Labute approximate surface area is 134 Å². The highest BCUT2D eigenvalue weighted by atomic mass is 16.7. The fourth-order valence-corrected chi connectivity index (χ4v) is 2.68. The number of hydrogen-bond donors (Lipinski definition) is 1. The van der Waals surface area contributed by atoms with Crippen LogP contribution in [0.2, 0.25) is 0 Å². The highest BCUT2D eigenvalue weighted by molar-refractivity contribution is 6.07. The summed E-state index contributed by atoms with van der Waals surface area (Å²) in [6.07, 6.45) is 0.0519. The Morgan fingerprint density at radius 1 is 1.30 bits per heavy atom. The molecule has 1 aromatic carbocycles. The molecule has 0 aliphatic carbocycles. The van der Waals surface area contributed by atoms with Crippen molar-refractivity contribution in [2.75, 3.05) is 19.9 Å². The average molecular weight is 320 g/mol. The van der Waals surface area contributed by atoms with Crippen molar-refractivity contribution in [1.82, 2.24) is 10.2 Å². The molecule has 0 radical (unpaired) electrons. The molecular formula is C16H20N2O5. The molecule has 1 aromatic rings. The first-order valence-electron chi connectivity index (χ1n) is 7.57. The van der Waals surface area contributed by atoms with Crippen LogP contribution in [0.5, 0.6) is 11.5 Å².